The molecule has 0 spiro atoms. The molecule has 0 heterocycles. The zero-order chi connectivity index (χ0) is 17.5. The van der Waals surface area contributed by atoms with Gasteiger partial charge in [-0.05, 0) is 18.1 Å². The third-order valence-electron chi connectivity index (χ3n) is 3.60. The highest BCUT2D eigenvalue weighted by Crippen LogP contribution is 2.59. The minimum atomic E-state index is -5.51. The van der Waals surface area contributed by atoms with Crippen LogP contribution in [0.25, 0.3) is 0 Å². The summed E-state index contributed by atoms with van der Waals surface area (Å²) in [6.07, 6.45) is 0. The van der Waals surface area contributed by atoms with Crippen molar-refractivity contribution in [3.8, 4) is 0 Å². The zero-order valence-corrected chi connectivity index (χ0v) is 12.3. The summed E-state index contributed by atoms with van der Waals surface area (Å²) in [5, 5.41) is 0. The summed E-state index contributed by atoms with van der Waals surface area (Å²) in [6.45, 7) is 0.329. The lowest BCUT2D eigenvalue weighted by Crippen LogP contribution is -2.49. The van der Waals surface area contributed by atoms with E-state index in [9.17, 15) is 26.3 Å². The molecule has 2 nitrogen and oxygen atoms in total. The monoisotopic (exact) mass is 340 g/mol. The van der Waals surface area contributed by atoms with Gasteiger partial charge in [-0.25, -0.2) is 0 Å². The van der Waals surface area contributed by atoms with E-state index < -0.39 is 35.7 Å². The summed E-state index contributed by atoms with van der Waals surface area (Å²) >= 11 is 0. The maximum atomic E-state index is 13.6. The van der Waals surface area contributed by atoms with Crippen LogP contribution in [0.15, 0.2) is 35.6 Å². The average Bonchev–Trinajstić information content (AvgIpc) is 2.56. The van der Waals surface area contributed by atoms with Crippen molar-refractivity contribution in [1.82, 2.24) is 0 Å². The van der Waals surface area contributed by atoms with E-state index in [1.54, 1.807) is 12.1 Å². The summed E-state index contributed by atoms with van der Waals surface area (Å²) in [7, 11) is 1.49. The average molecular weight is 340 g/mol. The molecule has 0 N–H and O–H groups in total. The second kappa shape index (κ2) is 5.74. The number of alkyl halides is 6. The van der Waals surface area contributed by atoms with Crippen LogP contribution < -0.4 is 0 Å². The van der Waals surface area contributed by atoms with Crippen LogP contribution in [0.2, 0.25) is 0 Å². The quantitative estimate of drug-likeness (QED) is 0.733. The van der Waals surface area contributed by atoms with E-state index in [-0.39, 0.29) is 0 Å². The van der Waals surface area contributed by atoms with Crippen LogP contribution >= 0.6 is 0 Å². The fourth-order valence-corrected chi connectivity index (χ4v) is 2.21. The number of halogens is 6. The van der Waals surface area contributed by atoms with Crippen molar-refractivity contribution in [1.29, 1.82) is 0 Å². The molecule has 0 aliphatic heterocycles. The lowest BCUT2D eigenvalue weighted by molar-refractivity contribution is -0.271. The summed E-state index contributed by atoms with van der Waals surface area (Å²) in [4.78, 5) is 0. The SMILES string of the molecule is COCc1ccc(COC2=C(C)C(F)(F)C(F)(F)C2(F)F)cc1. The molecule has 8 heteroatoms. The molecular weight excluding hydrogens is 326 g/mol. The van der Waals surface area contributed by atoms with Crippen molar-refractivity contribution < 1.29 is 35.8 Å². The Labute approximate surface area is 128 Å². The highest BCUT2D eigenvalue weighted by atomic mass is 19.3. The molecule has 0 atom stereocenters. The normalized spacial score (nSPS) is 21.6. The molecular formula is C15H14F6O2. The fourth-order valence-electron chi connectivity index (χ4n) is 2.21. The minimum absolute atomic E-state index is 0.335. The van der Waals surface area contributed by atoms with Crippen molar-refractivity contribution in [3.05, 3.63) is 46.7 Å². The van der Waals surface area contributed by atoms with Crippen LogP contribution in [0.1, 0.15) is 18.1 Å². The number of rotatable bonds is 5. The Morgan fingerprint density at radius 2 is 1.30 bits per heavy atom. The molecule has 2 rings (SSSR count). The molecule has 1 aliphatic carbocycles. The molecule has 0 aromatic heterocycles. The van der Waals surface area contributed by atoms with Crippen LogP contribution in [-0.4, -0.2) is 24.9 Å². The highest BCUT2D eigenvalue weighted by molar-refractivity contribution is 5.36. The van der Waals surface area contributed by atoms with Crippen molar-refractivity contribution in [3.63, 3.8) is 0 Å². The maximum absolute atomic E-state index is 13.6. The second-order valence-electron chi connectivity index (χ2n) is 5.22. The zero-order valence-electron chi connectivity index (χ0n) is 12.3. The van der Waals surface area contributed by atoms with Gasteiger partial charge in [-0.3, -0.25) is 0 Å². The first-order valence-corrected chi connectivity index (χ1v) is 6.60. The van der Waals surface area contributed by atoms with Crippen LogP contribution in [0.4, 0.5) is 26.3 Å². The van der Waals surface area contributed by atoms with E-state index in [2.05, 4.69) is 4.74 Å². The van der Waals surface area contributed by atoms with Gasteiger partial charge in [0.15, 0.2) is 5.76 Å². The minimum Gasteiger partial charge on any atom is -0.486 e. The number of allylic oxidation sites excluding steroid dienone is 2. The van der Waals surface area contributed by atoms with Gasteiger partial charge in [-0.15, -0.1) is 0 Å². The third kappa shape index (κ3) is 2.69. The van der Waals surface area contributed by atoms with Crippen LogP contribution in [0, 0.1) is 0 Å². The first-order valence-electron chi connectivity index (χ1n) is 6.60. The summed E-state index contributed by atoms with van der Waals surface area (Å²) in [6, 6.07) is 6.26. The van der Waals surface area contributed by atoms with E-state index in [4.69, 9.17) is 4.74 Å². The van der Waals surface area contributed by atoms with E-state index in [0.29, 0.717) is 19.1 Å². The van der Waals surface area contributed by atoms with Gasteiger partial charge in [0, 0.05) is 12.7 Å². The molecule has 0 bridgehead atoms. The van der Waals surface area contributed by atoms with Crippen LogP contribution in [0.3, 0.4) is 0 Å². The molecule has 1 aliphatic rings. The number of ether oxygens (including phenoxy) is 2. The standard InChI is InChI=1S/C15H14F6O2/c1-9-12(14(18,19)15(20,21)13(9,16)17)23-8-11-5-3-10(4-6-11)7-22-2/h3-6H,7-8H2,1-2H3. The van der Waals surface area contributed by atoms with Gasteiger partial charge < -0.3 is 9.47 Å². The summed E-state index contributed by atoms with van der Waals surface area (Å²) < 4.78 is 89.8. The predicted octanol–water partition coefficient (Wildman–Crippen LogP) is 4.54. The highest BCUT2D eigenvalue weighted by Gasteiger charge is 2.80. The molecule has 0 fully saturated rings. The van der Waals surface area contributed by atoms with Gasteiger partial charge in [0.05, 0.1) is 6.61 Å². The molecule has 0 saturated heterocycles. The molecule has 1 aromatic rings. The molecule has 0 radical (unpaired) electrons. The lowest BCUT2D eigenvalue weighted by Gasteiger charge is -2.24. The van der Waals surface area contributed by atoms with Crippen molar-refractivity contribution in [2.24, 2.45) is 0 Å². The Bertz CT molecular complexity index is 607. The first kappa shape index (κ1) is 17.7. The van der Waals surface area contributed by atoms with Gasteiger partial charge in [-0.2, -0.15) is 26.3 Å². The van der Waals surface area contributed by atoms with Gasteiger partial charge in [0.25, 0.3) is 0 Å². The lowest BCUT2D eigenvalue weighted by atomic mass is 10.1. The Hall–Kier alpha value is -1.70. The molecule has 23 heavy (non-hydrogen) atoms. The predicted molar refractivity (Wildman–Crippen MR) is 69.5 cm³/mol. The van der Waals surface area contributed by atoms with Crippen molar-refractivity contribution >= 4 is 0 Å². The van der Waals surface area contributed by atoms with Crippen molar-refractivity contribution in [2.75, 3.05) is 7.11 Å². The third-order valence-corrected chi connectivity index (χ3v) is 3.60. The summed E-state index contributed by atoms with van der Waals surface area (Å²) in [5.41, 5.74) is -0.279. The van der Waals surface area contributed by atoms with Crippen molar-refractivity contribution in [2.45, 2.75) is 37.9 Å². The number of hydrogen-bond acceptors (Lipinski definition) is 2. The fraction of sp³-hybridized carbons (Fsp3) is 0.467. The summed E-state index contributed by atoms with van der Waals surface area (Å²) in [5.74, 6) is -17.2. The number of methoxy groups -OCH3 is 1. The van der Waals surface area contributed by atoms with Gasteiger partial charge in [0.2, 0.25) is 0 Å². The maximum Gasteiger partial charge on any atom is 0.383 e. The van der Waals surface area contributed by atoms with Gasteiger partial charge >= 0.3 is 17.8 Å². The number of hydrogen-bond donors (Lipinski definition) is 0. The molecule has 0 saturated carbocycles. The molecule has 1 aromatic carbocycles. The van der Waals surface area contributed by atoms with Gasteiger partial charge in [-0.1, -0.05) is 24.3 Å². The second-order valence-corrected chi connectivity index (χ2v) is 5.22. The Kier molecular flexibility index (Phi) is 4.40. The van der Waals surface area contributed by atoms with E-state index in [1.807, 2.05) is 0 Å². The molecule has 0 unspecified atom stereocenters. The number of benzene rings is 1. The Morgan fingerprint density at radius 3 is 1.70 bits per heavy atom. The largest absolute Gasteiger partial charge is 0.486 e. The topological polar surface area (TPSA) is 18.5 Å². The van der Waals surface area contributed by atoms with E-state index >= 15 is 0 Å². The Balaban J connectivity index is 2.18. The van der Waals surface area contributed by atoms with E-state index in [1.165, 1.54) is 19.2 Å². The van der Waals surface area contributed by atoms with Crippen LogP contribution in [0.5, 0.6) is 0 Å². The molecule has 128 valence electrons. The molecule has 0 amide bonds. The van der Waals surface area contributed by atoms with Gasteiger partial charge in [0.1, 0.15) is 6.61 Å². The first-order chi connectivity index (χ1) is 10.6. The van der Waals surface area contributed by atoms with E-state index in [0.717, 1.165) is 5.56 Å². The smallest absolute Gasteiger partial charge is 0.383 e. The Morgan fingerprint density at radius 1 is 0.826 bits per heavy atom. The van der Waals surface area contributed by atoms with Crippen LogP contribution in [-0.2, 0) is 22.7 Å².